The van der Waals surface area contributed by atoms with Gasteiger partial charge in [0.05, 0.1) is 26.3 Å². The number of amides is 2. The summed E-state index contributed by atoms with van der Waals surface area (Å²) >= 11 is 1.46. The summed E-state index contributed by atoms with van der Waals surface area (Å²) in [7, 11) is 1.74. The molecule has 0 unspecified atom stereocenters. The van der Waals surface area contributed by atoms with E-state index in [1.165, 1.54) is 22.5 Å². The maximum atomic E-state index is 12.4. The molecule has 1 aromatic heterocycles. The number of hydrogen-bond donors (Lipinski definition) is 2. The van der Waals surface area contributed by atoms with Crippen molar-refractivity contribution in [1.29, 1.82) is 0 Å². The zero-order chi connectivity index (χ0) is 24.6. The standard InChI is InChI=1S/C26H31N5O3S/c1-19-4-3-5-20(14-19)15-23-16-27-26(35-23)29-25(33)18-30(2)17-24(32)28-21-6-8-22(9-7-21)31-10-12-34-13-11-31/h3-9,14,16H,10-13,15,17-18H2,1-2H3,(H,28,32)(H,27,29,33). The highest BCUT2D eigenvalue weighted by atomic mass is 32.1. The van der Waals surface area contributed by atoms with Gasteiger partial charge >= 0.3 is 0 Å². The van der Waals surface area contributed by atoms with Gasteiger partial charge < -0.3 is 20.3 Å². The van der Waals surface area contributed by atoms with Gasteiger partial charge in [-0.15, -0.1) is 11.3 Å². The van der Waals surface area contributed by atoms with Gasteiger partial charge in [-0.25, -0.2) is 4.98 Å². The van der Waals surface area contributed by atoms with Crippen LogP contribution in [0.15, 0.2) is 54.7 Å². The number of carbonyl (C=O) groups is 2. The van der Waals surface area contributed by atoms with Gasteiger partial charge in [-0.2, -0.15) is 0 Å². The molecule has 4 rings (SSSR count). The van der Waals surface area contributed by atoms with Gasteiger partial charge in [-0.1, -0.05) is 29.8 Å². The summed E-state index contributed by atoms with van der Waals surface area (Å²) in [4.78, 5) is 34.2. The highest BCUT2D eigenvalue weighted by molar-refractivity contribution is 7.15. The summed E-state index contributed by atoms with van der Waals surface area (Å²) in [6, 6.07) is 16.1. The molecule has 1 saturated heterocycles. The maximum absolute atomic E-state index is 12.4. The summed E-state index contributed by atoms with van der Waals surface area (Å²) in [5.41, 5.74) is 4.28. The van der Waals surface area contributed by atoms with Crippen LogP contribution in [0.5, 0.6) is 0 Å². The number of aryl methyl sites for hydroxylation is 1. The zero-order valence-electron chi connectivity index (χ0n) is 20.1. The SMILES string of the molecule is Cc1cccc(Cc2cnc(NC(=O)CN(C)CC(=O)Nc3ccc(N4CCOCC4)cc3)s2)c1. The third kappa shape index (κ3) is 7.61. The molecule has 2 aromatic carbocycles. The Morgan fingerprint density at radius 3 is 2.49 bits per heavy atom. The molecule has 0 aliphatic carbocycles. The minimum absolute atomic E-state index is 0.0934. The molecule has 2 heterocycles. The number of ether oxygens (including phenoxy) is 1. The molecule has 8 nitrogen and oxygen atoms in total. The van der Waals surface area contributed by atoms with Crippen LogP contribution in [0.3, 0.4) is 0 Å². The fraction of sp³-hybridized carbons (Fsp3) is 0.346. The number of rotatable bonds is 9. The van der Waals surface area contributed by atoms with Crippen LogP contribution in [0.2, 0.25) is 0 Å². The number of carbonyl (C=O) groups excluding carboxylic acids is 2. The Bertz CT molecular complexity index is 1140. The predicted octanol–water partition coefficient (Wildman–Crippen LogP) is 3.39. The van der Waals surface area contributed by atoms with E-state index in [9.17, 15) is 9.59 Å². The molecule has 0 spiro atoms. The second-order valence-corrected chi connectivity index (χ2v) is 9.83. The van der Waals surface area contributed by atoms with E-state index < -0.39 is 0 Å². The lowest BCUT2D eigenvalue weighted by Crippen LogP contribution is -2.36. The summed E-state index contributed by atoms with van der Waals surface area (Å²) < 4.78 is 5.39. The fourth-order valence-electron chi connectivity index (χ4n) is 3.95. The average molecular weight is 494 g/mol. The van der Waals surface area contributed by atoms with Crippen molar-refractivity contribution >= 4 is 39.7 Å². The van der Waals surface area contributed by atoms with E-state index in [1.54, 1.807) is 18.1 Å². The summed E-state index contributed by atoms with van der Waals surface area (Å²) in [6.45, 7) is 5.47. The van der Waals surface area contributed by atoms with Crippen molar-refractivity contribution in [2.45, 2.75) is 13.3 Å². The Balaban J connectivity index is 1.20. The van der Waals surface area contributed by atoms with Gasteiger partial charge in [0.1, 0.15) is 0 Å². The fourth-order valence-corrected chi connectivity index (χ4v) is 4.82. The van der Waals surface area contributed by atoms with E-state index in [2.05, 4.69) is 45.6 Å². The normalized spacial score (nSPS) is 13.6. The number of thiazole rings is 1. The number of hydrogen-bond acceptors (Lipinski definition) is 7. The molecule has 1 aliphatic heterocycles. The van der Waals surface area contributed by atoms with Crippen molar-refractivity contribution in [2.24, 2.45) is 0 Å². The average Bonchev–Trinajstić information content (AvgIpc) is 3.26. The van der Waals surface area contributed by atoms with Crippen molar-refractivity contribution in [2.75, 3.05) is 62.0 Å². The van der Waals surface area contributed by atoms with Crippen LogP contribution in [0.25, 0.3) is 0 Å². The zero-order valence-corrected chi connectivity index (χ0v) is 20.9. The number of anilines is 3. The lowest BCUT2D eigenvalue weighted by atomic mass is 10.1. The molecular weight excluding hydrogens is 462 g/mol. The second-order valence-electron chi connectivity index (χ2n) is 8.71. The molecule has 35 heavy (non-hydrogen) atoms. The number of morpholine rings is 1. The van der Waals surface area contributed by atoms with Gasteiger partial charge in [0.2, 0.25) is 11.8 Å². The summed E-state index contributed by atoms with van der Waals surface area (Å²) in [5, 5.41) is 6.29. The Morgan fingerprint density at radius 1 is 1.06 bits per heavy atom. The van der Waals surface area contributed by atoms with Crippen molar-refractivity contribution in [3.05, 3.63) is 70.7 Å². The minimum atomic E-state index is -0.202. The van der Waals surface area contributed by atoms with Crippen LogP contribution >= 0.6 is 11.3 Å². The Labute approximate surface area is 209 Å². The molecular formula is C26H31N5O3S. The van der Waals surface area contributed by atoms with Gasteiger partial charge in [0.25, 0.3) is 0 Å². The van der Waals surface area contributed by atoms with E-state index in [1.807, 2.05) is 30.3 Å². The first-order chi connectivity index (χ1) is 16.9. The largest absolute Gasteiger partial charge is 0.378 e. The van der Waals surface area contributed by atoms with Gasteiger partial charge in [0.15, 0.2) is 5.13 Å². The summed E-state index contributed by atoms with van der Waals surface area (Å²) in [6.07, 6.45) is 2.58. The van der Waals surface area contributed by atoms with E-state index in [4.69, 9.17) is 4.74 Å². The molecule has 0 bridgehead atoms. The van der Waals surface area contributed by atoms with Crippen molar-refractivity contribution in [3.8, 4) is 0 Å². The highest BCUT2D eigenvalue weighted by Crippen LogP contribution is 2.22. The van der Waals surface area contributed by atoms with Crippen molar-refractivity contribution < 1.29 is 14.3 Å². The molecule has 9 heteroatoms. The van der Waals surface area contributed by atoms with E-state index in [0.29, 0.717) is 5.13 Å². The summed E-state index contributed by atoms with van der Waals surface area (Å²) in [5.74, 6) is -0.374. The van der Waals surface area contributed by atoms with Crippen molar-refractivity contribution in [3.63, 3.8) is 0 Å². The van der Waals surface area contributed by atoms with Crippen molar-refractivity contribution in [1.82, 2.24) is 9.88 Å². The number of benzene rings is 2. The number of nitrogens with zero attached hydrogens (tertiary/aromatic N) is 3. The molecule has 1 aliphatic rings. The Kier molecular flexibility index (Phi) is 8.46. The van der Waals surface area contributed by atoms with E-state index in [0.717, 1.165) is 49.0 Å². The van der Waals surface area contributed by atoms with Crippen LogP contribution in [-0.4, -0.2) is 68.1 Å². The molecule has 0 radical (unpaired) electrons. The lowest BCUT2D eigenvalue weighted by Gasteiger charge is -2.28. The number of likely N-dealkylation sites (N-methyl/N-ethyl adjacent to an activating group) is 1. The first kappa shape index (κ1) is 24.8. The molecule has 2 N–H and O–H groups in total. The van der Waals surface area contributed by atoms with Gasteiger partial charge in [-0.05, 0) is 43.8 Å². The van der Waals surface area contributed by atoms with Crippen LogP contribution in [-0.2, 0) is 20.7 Å². The topological polar surface area (TPSA) is 86.8 Å². The monoisotopic (exact) mass is 493 g/mol. The van der Waals surface area contributed by atoms with E-state index >= 15 is 0 Å². The Morgan fingerprint density at radius 2 is 1.77 bits per heavy atom. The predicted molar refractivity (Wildman–Crippen MR) is 140 cm³/mol. The Hall–Kier alpha value is -3.27. The molecule has 2 amide bonds. The molecule has 3 aromatic rings. The smallest absolute Gasteiger partial charge is 0.240 e. The van der Waals surface area contributed by atoms with Gasteiger partial charge in [-0.3, -0.25) is 14.5 Å². The van der Waals surface area contributed by atoms with Crippen LogP contribution in [0.4, 0.5) is 16.5 Å². The van der Waals surface area contributed by atoms with Crippen LogP contribution in [0.1, 0.15) is 16.0 Å². The second kappa shape index (κ2) is 11.9. The third-order valence-corrected chi connectivity index (χ3v) is 6.53. The molecule has 0 atom stereocenters. The number of nitrogens with one attached hydrogen (secondary N) is 2. The van der Waals surface area contributed by atoms with Gasteiger partial charge in [0, 0.05) is 42.0 Å². The quantitative estimate of drug-likeness (QED) is 0.475. The first-order valence-corrected chi connectivity index (χ1v) is 12.5. The maximum Gasteiger partial charge on any atom is 0.240 e. The molecule has 1 fully saturated rings. The minimum Gasteiger partial charge on any atom is -0.378 e. The van der Waals surface area contributed by atoms with E-state index in [-0.39, 0.29) is 24.9 Å². The van der Waals surface area contributed by atoms with Crippen LogP contribution < -0.4 is 15.5 Å². The number of aromatic nitrogens is 1. The third-order valence-electron chi connectivity index (χ3n) is 5.62. The highest BCUT2D eigenvalue weighted by Gasteiger charge is 2.14. The molecule has 0 saturated carbocycles. The lowest BCUT2D eigenvalue weighted by molar-refractivity contribution is -0.119. The van der Waals surface area contributed by atoms with Crippen LogP contribution in [0, 0.1) is 6.92 Å². The molecule has 184 valence electrons. The first-order valence-electron chi connectivity index (χ1n) is 11.7.